The molecule has 2 amide bonds. The molecule has 1 heterocycles. The van der Waals surface area contributed by atoms with Gasteiger partial charge in [-0.15, -0.1) is 0 Å². The smallest absolute Gasteiger partial charge is 0.276 e. The molecule has 2 aromatic carbocycles. The number of nitrogens with one attached hydrogen (secondary N) is 2. The Hall–Kier alpha value is -3.41. The lowest BCUT2D eigenvalue weighted by molar-refractivity contribution is -0.115. The van der Waals surface area contributed by atoms with Crippen LogP contribution in [0, 0.1) is 0 Å². The number of carbonyl (C=O) groups excluding carboxylic acids is 2. The van der Waals surface area contributed by atoms with E-state index in [1.807, 2.05) is 54.6 Å². The Balaban J connectivity index is 1.88. The van der Waals surface area contributed by atoms with Crippen LogP contribution in [0.5, 0.6) is 0 Å². The fourth-order valence-electron chi connectivity index (χ4n) is 2.60. The minimum atomic E-state index is -0.332. The van der Waals surface area contributed by atoms with Crippen molar-refractivity contribution in [1.82, 2.24) is 9.78 Å². The van der Waals surface area contributed by atoms with Crippen LogP contribution in [0.1, 0.15) is 36.3 Å². The highest BCUT2D eigenvalue weighted by Gasteiger charge is 2.17. The number of rotatable bonds is 6. The Morgan fingerprint density at radius 1 is 0.963 bits per heavy atom. The van der Waals surface area contributed by atoms with Crippen molar-refractivity contribution in [3.05, 3.63) is 71.9 Å². The van der Waals surface area contributed by atoms with Crippen LogP contribution in [0.2, 0.25) is 0 Å². The monoisotopic (exact) mass is 362 g/mol. The van der Waals surface area contributed by atoms with Crippen molar-refractivity contribution in [2.24, 2.45) is 0 Å². The van der Waals surface area contributed by atoms with Crippen LogP contribution in [-0.4, -0.2) is 21.6 Å². The Kier molecular flexibility index (Phi) is 5.66. The second-order valence-corrected chi connectivity index (χ2v) is 6.07. The van der Waals surface area contributed by atoms with Crippen LogP contribution >= 0.6 is 0 Å². The van der Waals surface area contributed by atoms with Crippen molar-refractivity contribution in [3.63, 3.8) is 0 Å². The molecule has 0 aliphatic rings. The molecule has 6 heteroatoms. The average Bonchev–Trinajstić information content (AvgIpc) is 3.13. The summed E-state index contributed by atoms with van der Waals surface area (Å²) in [6.45, 7) is 3.85. The van der Waals surface area contributed by atoms with E-state index in [2.05, 4.69) is 22.7 Å². The summed E-state index contributed by atoms with van der Waals surface area (Å²) in [5, 5.41) is 10.0. The zero-order valence-electron chi connectivity index (χ0n) is 15.4. The molecule has 0 aliphatic carbocycles. The van der Waals surface area contributed by atoms with E-state index in [0.29, 0.717) is 17.9 Å². The first kappa shape index (κ1) is 18.4. The number of aromatic nitrogens is 2. The molecule has 0 unspecified atom stereocenters. The highest BCUT2D eigenvalue weighted by molar-refractivity contribution is 6.04. The molecule has 0 saturated carbocycles. The van der Waals surface area contributed by atoms with Crippen molar-refractivity contribution in [1.29, 1.82) is 0 Å². The maximum atomic E-state index is 12.6. The molecular weight excluding hydrogens is 340 g/mol. The van der Waals surface area contributed by atoms with Crippen LogP contribution in [0.15, 0.2) is 60.7 Å². The molecule has 3 aromatic rings. The van der Waals surface area contributed by atoms with Gasteiger partial charge in [0.2, 0.25) is 5.91 Å². The number of hydrogen-bond acceptors (Lipinski definition) is 3. The van der Waals surface area contributed by atoms with E-state index >= 15 is 0 Å². The third-order valence-corrected chi connectivity index (χ3v) is 4.15. The highest BCUT2D eigenvalue weighted by atomic mass is 16.2. The van der Waals surface area contributed by atoms with Gasteiger partial charge in [-0.05, 0) is 36.2 Å². The number of amides is 2. The largest absolute Gasteiger partial charge is 0.321 e. The molecule has 6 nitrogen and oxygen atoms in total. The van der Waals surface area contributed by atoms with Gasteiger partial charge in [-0.2, -0.15) is 5.10 Å². The minimum absolute atomic E-state index is 0.144. The number of para-hydroxylation sites is 1. The number of hydrogen-bond donors (Lipinski definition) is 2. The molecule has 0 atom stereocenters. The quantitative estimate of drug-likeness (QED) is 0.695. The Labute approximate surface area is 158 Å². The molecule has 0 aliphatic heterocycles. The first-order chi connectivity index (χ1) is 13.1. The lowest BCUT2D eigenvalue weighted by Gasteiger charge is -2.07. The summed E-state index contributed by atoms with van der Waals surface area (Å²) in [6.07, 6.45) is 1.28. The number of anilines is 2. The summed E-state index contributed by atoms with van der Waals surface area (Å²) < 4.78 is 1.56. The number of aryl methyl sites for hydroxylation is 1. The molecular formula is C21H22N4O2. The summed E-state index contributed by atoms with van der Waals surface area (Å²) in [6, 6.07) is 18.6. The molecule has 1 aromatic heterocycles. The van der Waals surface area contributed by atoms with Crippen LogP contribution < -0.4 is 10.6 Å². The van der Waals surface area contributed by atoms with E-state index in [-0.39, 0.29) is 17.5 Å². The first-order valence-electron chi connectivity index (χ1n) is 8.96. The SMILES string of the molecule is CCC(=O)Nc1cc(C(=O)Nc2ccc(CC)cc2)nn1-c1ccccc1. The second-order valence-electron chi connectivity index (χ2n) is 6.07. The lowest BCUT2D eigenvalue weighted by atomic mass is 10.1. The fourth-order valence-corrected chi connectivity index (χ4v) is 2.60. The van der Waals surface area contributed by atoms with Crippen LogP contribution in [0.3, 0.4) is 0 Å². The standard InChI is InChI=1S/C21H22N4O2/c1-3-15-10-12-16(13-11-15)22-21(27)18-14-19(23-20(26)4-2)25(24-18)17-8-6-5-7-9-17/h5-14H,3-4H2,1-2H3,(H,22,27)(H,23,26). The topological polar surface area (TPSA) is 76.0 Å². The number of nitrogens with zero attached hydrogens (tertiary/aromatic N) is 2. The predicted molar refractivity (Wildman–Crippen MR) is 106 cm³/mol. The summed E-state index contributed by atoms with van der Waals surface area (Å²) in [7, 11) is 0. The van der Waals surface area contributed by atoms with Crippen molar-refractivity contribution in [2.75, 3.05) is 10.6 Å². The molecule has 0 saturated heterocycles. The van der Waals surface area contributed by atoms with Crippen LogP contribution in [-0.2, 0) is 11.2 Å². The maximum absolute atomic E-state index is 12.6. The second kappa shape index (κ2) is 8.31. The fraction of sp³-hybridized carbons (Fsp3) is 0.190. The normalized spacial score (nSPS) is 10.4. The summed E-state index contributed by atoms with van der Waals surface area (Å²) in [5.41, 5.74) is 2.89. The molecule has 0 spiro atoms. The Bertz CT molecular complexity index is 931. The van der Waals surface area contributed by atoms with Gasteiger partial charge in [-0.3, -0.25) is 9.59 Å². The van der Waals surface area contributed by atoms with Gasteiger partial charge < -0.3 is 10.6 Å². The third-order valence-electron chi connectivity index (χ3n) is 4.15. The summed E-state index contributed by atoms with van der Waals surface area (Å²) in [5.74, 6) is -0.0188. The Morgan fingerprint density at radius 2 is 1.67 bits per heavy atom. The predicted octanol–water partition coefficient (Wildman–Crippen LogP) is 4.04. The van der Waals surface area contributed by atoms with E-state index in [0.717, 1.165) is 12.1 Å². The van der Waals surface area contributed by atoms with Gasteiger partial charge in [0.05, 0.1) is 5.69 Å². The van der Waals surface area contributed by atoms with Crippen molar-refractivity contribution in [3.8, 4) is 5.69 Å². The maximum Gasteiger partial charge on any atom is 0.276 e. The van der Waals surface area contributed by atoms with Gasteiger partial charge in [0, 0.05) is 18.2 Å². The molecule has 2 N–H and O–H groups in total. The first-order valence-corrected chi connectivity index (χ1v) is 8.96. The van der Waals surface area contributed by atoms with Crippen molar-refractivity contribution < 1.29 is 9.59 Å². The zero-order chi connectivity index (χ0) is 19.2. The van der Waals surface area contributed by atoms with E-state index in [4.69, 9.17) is 0 Å². The number of benzene rings is 2. The van der Waals surface area contributed by atoms with Gasteiger partial charge in [0.1, 0.15) is 5.82 Å². The van der Waals surface area contributed by atoms with Gasteiger partial charge in [0.15, 0.2) is 5.69 Å². The highest BCUT2D eigenvalue weighted by Crippen LogP contribution is 2.19. The molecule has 138 valence electrons. The minimum Gasteiger partial charge on any atom is -0.321 e. The van der Waals surface area contributed by atoms with E-state index in [9.17, 15) is 9.59 Å². The van der Waals surface area contributed by atoms with Gasteiger partial charge >= 0.3 is 0 Å². The van der Waals surface area contributed by atoms with Crippen LogP contribution in [0.25, 0.3) is 5.69 Å². The summed E-state index contributed by atoms with van der Waals surface area (Å²) in [4.78, 5) is 24.5. The van der Waals surface area contributed by atoms with E-state index in [1.165, 1.54) is 5.56 Å². The summed E-state index contributed by atoms with van der Waals surface area (Å²) >= 11 is 0. The van der Waals surface area contributed by atoms with Gasteiger partial charge in [-0.25, -0.2) is 4.68 Å². The molecule has 3 rings (SSSR count). The van der Waals surface area contributed by atoms with Crippen LogP contribution in [0.4, 0.5) is 11.5 Å². The van der Waals surface area contributed by atoms with Gasteiger partial charge in [-0.1, -0.05) is 44.2 Å². The molecule has 0 bridgehead atoms. The molecule has 0 radical (unpaired) electrons. The average molecular weight is 362 g/mol. The molecule has 0 fully saturated rings. The Morgan fingerprint density at radius 3 is 2.30 bits per heavy atom. The number of carbonyl (C=O) groups is 2. The van der Waals surface area contributed by atoms with E-state index in [1.54, 1.807) is 17.7 Å². The molecule has 27 heavy (non-hydrogen) atoms. The zero-order valence-corrected chi connectivity index (χ0v) is 15.4. The van der Waals surface area contributed by atoms with E-state index < -0.39 is 0 Å². The lowest BCUT2D eigenvalue weighted by Crippen LogP contribution is -2.14. The van der Waals surface area contributed by atoms with Crippen molar-refractivity contribution >= 4 is 23.3 Å². The van der Waals surface area contributed by atoms with Crippen molar-refractivity contribution in [2.45, 2.75) is 26.7 Å². The third kappa shape index (κ3) is 4.41. The van der Waals surface area contributed by atoms with Gasteiger partial charge in [0.25, 0.3) is 5.91 Å².